The summed E-state index contributed by atoms with van der Waals surface area (Å²) in [5, 5.41) is 3.34. The molecule has 152 valence electrons. The molecule has 6 nitrogen and oxygen atoms in total. The van der Waals surface area contributed by atoms with Gasteiger partial charge in [0.05, 0.1) is 27.7 Å². The van der Waals surface area contributed by atoms with Crippen molar-refractivity contribution >= 4 is 50.1 Å². The molecule has 30 heavy (non-hydrogen) atoms. The fourth-order valence-corrected chi connectivity index (χ4v) is 5.39. The summed E-state index contributed by atoms with van der Waals surface area (Å²) in [6.45, 7) is 2.13. The zero-order valence-corrected chi connectivity index (χ0v) is 17.3. The van der Waals surface area contributed by atoms with Crippen LogP contribution in [0.15, 0.2) is 48.5 Å². The highest BCUT2D eigenvalue weighted by Gasteiger charge is 2.50. The number of benzene rings is 2. The highest BCUT2D eigenvalue weighted by atomic mass is 32.1. The van der Waals surface area contributed by atoms with Crippen molar-refractivity contribution in [2.75, 3.05) is 10.2 Å². The Kier molecular flexibility index (Phi) is 4.62. The Balaban J connectivity index is 1.39. The third kappa shape index (κ3) is 3.19. The van der Waals surface area contributed by atoms with Crippen molar-refractivity contribution in [3.8, 4) is 0 Å². The number of nitrogens with one attached hydrogen (secondary N) is 1. The first-order chi connectivity index (χ1) is 14.5. The Hall–Kier alpha value is -3.06. The second-order valence-corrected chi connectivity index (χ2v) is 9.16. The van der Waals surface area contributed by atoms with Gasteiger partial charge in [-0.25, -0.2) is 4.98 Å². The second-order valence-electron chi connectivity index (χ2n) is 8.13. The number of nitrogens with zero attached hydrogens (tertiary/aromatic N) is 2. The molecule has 2 aromatic carbocycles. The number of imide groups is 1. The molecule has 5 rings (SSSR count). The van der Waals surface area contributed by atoms with Gasteiger partial charge in [-0.15, -0.1) is 0 Å². The molecule has 3 aromatic rings. The van der Waals surface area contributed by atoms with Gasteiger partial charge in [-0.2, -0.15) is 0 Å². The first-order valence-corrected chi connectivity index (χ1v) is 11.0. The van der Waals surface area contributed by atoms with Gasteiger partial charge in [0, 0.05) is 5.56 Å². The maximum Gasteiger partial charge on any atom is 0.257 e. The molecule has 1 saturated carbocycles. The number of rotatable bonds is 3. The van der Waals surface area contributed by atoms with E-state index in [0.717, 1.165) is 29.5 Å². The average Bonchev–Trinajstić information content (AvgIpc) is 3.26. The number of carbonyl (C=O) groups excluding carboxylic acids is 3. The lowest BCUT2D eigenvalue weighted by Gasteiger charge is -2.25. The van der Waals surface area contributed by atoms with Crippen molar-refractivity contribution < 1.29 is 14.4 Å². The fraction of sp³-hybridized carbons (Fsp3) is 0.304. The van der Waals surface area contributed by atoms with Crippen molar-refractivity contribution in [2.45, 2.75) is 26.2 Å². The van der Waals surface area contributed by atoms with E-state index in [0.29, 0.717) is 22.3 Å². The van der Waals surface area contributed by atoms with Gasteiger partial charge in [0.1, 0.15) is 0 Å². The molecule has 0 bridgehead atoms. The lowest BCUT2D eigenvalue weighted by atomic mass is 9.76. The van der Waals surface area contributed by atoms with E-state index in [-0.39, 0.29) is 29.6 Å². The van der Waals surface area contributed by atoms with E-state index in [1.807, 2.05) is 24.3 Å². The lowest BCUT2D eigenvalue weighted by molar-refractivity contribution is -0.122. The van der Waals surface area contributed by atoms with E-state index in [1.165, 1.54) is 16.2 Å². The molecular weight excluding hydrogens is 398 g/mol. The topological polar surface area (TPSA) is 79.4 Å². The Labute approximate surface area is 177 Å². The molecule has 0 spiro atoms. The van der Waals surface area contributed by atoms with Crippen molar-refractivity contribution in [1.29, 1.82) is 0 Å². The van der Waals surface area contributed by atoms with Crippen molar-refractivity contribution in [3.63, 3.8) is 0 Å². The van der Waals surface area contributed by atoms with Gasteiger partial charge >= 0.3 is 0 Å². The summed E-state index contributed by atoms with van der Waals surface area (Å²) in [4.78, 5) is 44.4. The molecule has 1 N–H and O–H groups in total. The van der Waals surface area contributed by atoms with Crippen LogP contribution in [-0.4, -0.2) is 22.7 Å². The van der Waals surface area contributed by atoms with Crippen LogP contribution in [0.3, 0.4) is 0 Å². The quantitative estimate of drug-likeness (QED) is 0.635. The van der Waals surface area contributed by atoms with Crippen molar-refractivity contribution in [1.82, 2.24) is 4.98 Å². The maximum absolute atomic E-state index is 13.0. The molecule has 2 aliphatic rings. The molecule has 0 unspecified atom stereocenters. The Bertz CT molecular complexity index is 1140. The van der Waals surface area contributed by atoms with Crippen molar-refractivity contribution in [2.24, 2.45) is 17.8 Å². The minimum atomic E-state index is -0.318. The molecular formula is C23H21N3O3S. The van der Waals surface area contributed by atoms with Crippen LogP contribution in [0.25, 0.3) is 10.2 Å². The summed E-state index contributed by atoms with van der Waals surface area (Å²) in [5.74, 6) is -0.605. The first-order valence-electron chi connectivity index (χ1n) is 10.2. The van der Waals surface area contributed by atoms with Gasteiger partial charge in [0.25, 0.3) is 5.91 Å². The molecule has 1 aliphatic heterocycles. The van der Waals surface area contributed by atoms with Gasteiger partial charge in [0.15, 0.2) is 5.13 Å². The number of thiazole rings is 1. The van der Waals surface area contributed by atoms with Gasteiger partial charge < -0.3 is 0 Å². The largest absolute Gasteiger partial charge is 0.298 e. The molecule has 0 radical (unpaired) electrons. The maximum atomic E-state index is 13.0. The van der Waals surface area contributed by atoms with E-state index in [2.05, 4.69) is 17.2 Å². The van der Waals surface area contributed by atoms with Crippen LogP contribution < -0.4 is 10.2 Å². The van der Waals surface area contributed by atoms with Gasteiger partial charge in [-0.05, 0) is 55.5 Å². The number of hydrogen-bond acceptors (Lipinski definition) is 5. The summed E-state index contributed by atoms with van der Waals surface area (Å²) >= 11 is 1.40. The number of carbonyl (C=O) groups is 3. The standard InChI is InChI=1S/C23H21N3O3S/c1-13-9-10-16-17(11-13)22(29)26(21(16)28)15-6-4-5-14(12-15)20(27)25-23-24-18-7-2-3-8-19(18)30-23/h2-8,12-13,16-17H,9-11H2,1H3,(H,24,25,27)/t13-,16+,17+/m0/s1. The molecule has 1 saturated heterocycles. The number of anilines is 2. The highest BCUT2D eigenvalue weighted by Crippen LogP contribution is 2.42. The predicted molar refractivity (Wildman–Crippen MR) is 117 cm³/mol. The van der Waals surface area contributed by atoms with Gasteiger partial charge in [-0.3, -0.25) is 24.6 Å². The fourth-order valence-electron chi connectivity index (χ4n) is 4.53. The highest BCUT2D eigenvalue weighted by molar-refractivity contribution is 7.22. The third-order valence-corrected chi connectivity index (χ3v) is 7.02. The lowest BCUT2D eigenvalue weighted by Crippen LogP contribution is -2.31. The smallest absolute Gasteiger partial charge is 0.257 e. The zero-order chi connectivity index (χ0) is 20.8. The van der Waals surface area contributed by atoms with Crippen molar-refractivity contribution in [3.05, 3.63) is 54.1 Å². The van der Waals surface area contributed by atoms with Gasteiger partial charge in [0.2, 0.25) is 11.8 Å². The molecule has 1 aromatic heterocycles. The minimum absolute atomic E-state index is 0.138. The van der Waals surface area contributed by atoms with E-state index in [9.17, 15) is 14.4 Å². The Morgan fingerprint density at radius 1 is 1.07 bits per heavy atom. The molecule has 3 atom stereocenters. The van der Waals surface area contributed by atoms with Crippen LogP contribution in [0, 0.1) is 17.8 Å². The Morgan fingerprint density at radius 3 is 2.70 bits per heavy atom. The number of amides is 3. The summed E-state index contributed by atoms with van der Waals surface area (Å²) in [6, 6.07) is 14.4. The monoisotopic (exact) mass is 419 g/mol. The van der Waals surface area contributed by atoms with Crippen LogP contribution in [0.5, 0.6) is 0 Å². The number of hydrogen-bond donors (Lipinski definition) is 1. The molecule has 3 amide bonds. The molecule has 2 heterocycles. The summed E-state index contributed by atoms with van der Waals surface area (Å²) in [6.07, 6.45) is 2.48. The van der Waals surface area contributed by atoms with Crippen LogP contribution in [0.2, 0.25) is 0 Å². The Morgan fingerprint density at radius 2 is 1.87 bits per heavy atom. The summed E-state index contributed by atoms with van der Waals surface area (Å²) < 4.78 is 0.992. The third-order valence-electron chi connectivity index (χ3n) is 6.07. The summed E-state index contributed by atoms with van der Waals surface area (Å²) in [5.41, 5.74) is 1.68. The zero-order valence-electron chi connectivity index (χ0n) is 16.5. The minimum Gasteiger partial charge on any atom is -0.298 e. The van der Waals surface area contributed by atoms with Crippen LogP contribution >= 0.6 is 11.3 Å². The normalized spacial score (nSPS) is 23.6. The second kappa shape index (κ2) is 7.32. The van der Waals surface area contributed by atoms with E-state index in [1.54, 1.807) is 24.3 Å². The van der Waals surface area contributed by atoms with Crippen LogP contribution in [0.4, 0.5) is 10.8 Å². The molecule has 1 aliphatic carbocycles. The molecule has 7 heteroatoms. The molecule has 2 fully saturated rings. The van der Waals surface area contributed by atoms with E-state index >= 15 is 0 Å². The van der Waals surface area contributed by atoms with Crippen LogP contribution in [0.1, 0.15) is 36.5 Å². The van der Waals surface area contributed by atoms with Crippen LogP contribution in [-0.2, 0) is 9.59 Å². The average molecular weight is 420 g/mol. The van der Waals surface area contributed by atoms with E-state index in [4.69, 9.17) is 0 Å². The van der Waals surface area contributed by atoms with E-state index < -0.39 is 0 Å². The predicted octanol–water partition coefficient (Wildman–Crippen LogP) is 4.47. The first kappa shape index (κ1) is 18.9. The summed E-state index contributed by atoms with van der Waals surface area (Å²) in [7, 11) is 0. The SMILES string of the molecule is C[C@H]1CC[C@H]2C(=O)N(c3cccc(C(=O)Nc4nc5ccccc5s4)c3)C(=O)[C@@H]2C1. The number of aromatic nitrogens is 1. The number of fused-ring (bicyclic) bond motifs is 2. The number of para-hydroxylation sites is 1. The van der Waals surface area contributed by atoms with Gasteiger partial charge in [-0.1, -0.05) is 36.5 Å².